The smallest absolute Gasteiger partial charge is 0.260 e. The van der Waals surface area contributed by atoms with Crippen LogP contribution < -0.4 is 9.47 Å². The molecule has 1 aliphatic rings. The molecule has 0 spiro atoms. The Morgan fingerprint density at radius 1 is 0.774 bits per heavy atom. The van der Waals surface area contributed by atoms with Crippen molar-refractivity contribution in [3.63, 3.8) is 0 Å². The van der Waals surface area contributed by atoms with E-state index >= 15 is 0 Å². The molecule has 5 nitrogen and oxygen atoms in total. The van der Waals surface area contributed by atoms with Gasteiger partial charge in [0.15, 0.2) is 6.61 Å². The molecule has 3 aromatic carbocycles. The zero-order chi connectivity index (χ0) is 21.5. The largest absolute Gasteiger partial charge is 0.497 e. The summed E-state index contributed by atoms with van der Waals surface area (Å²) in [5.74, 6) is 1.45. The van der Waals surface area contributed by atoms with Gasteiger partial charge in [-0.2, -0.15) is 0 Å². The third-order valence-corrected chi connectivity index (χ3v) is 5.68. The zero-order valence-corrected chi connectivity index (χ0v) is 17.8. The molecule has 0 radical (unpaired) electrons. The molecule has 0 saturated carbocycles. The van der Waals surface area contributed by atoms with Gasteiger partial charge in [0.2, 0.25) is 0 Å². The number of methoxy groups -OCH3 is 1. The zero-order valence-electron chi connectivity index (χ0n) is 17.8. The quantitative estimate of drug-likeness (QED) is 0.584. The minimum atomic E-state index is 0.0199. The number of nitrogens with zero attached hydrogens (tertiary/aromatic N) is 2. The Hall–Kier alpha value is -3.31. The fourth-order valence-electron chi connectivity index (χ4n) is 4.02. The van der Waals surface area contributed by atoms with Crippen molar-refractivity contribution in [1.82, 2.24) is 9.80 Å². The van der Waals surface area contributed by atoms with Crippen LogP contribution in [-0.4, -0.2) is 55.6 Å². The highest BCUT2D eigenvalue weighted by Gasteiger charge is 2.28. The molecule has 4 rings (SSSR count). The van der Waals surface area contributed by atoms with Gasteiger partial charge in [-0.3, -0.25) is 9.69 Å². The summed E-state index contributed by atoms with van der Waals surface area (Å²) in [4.78, 5) is 17.0. The second-order valence-electron chi connectivity index (χ2n) is 7.60. The van der Waals surface area contributed by atoms with Gasteiger partial charge in [0.25, 0.3) is 5.91 Å². The second kappa shape index (κ2) is 10.1. The lowest BCUT2D eigenvalue weighted by atomic mass is 9.96. The van der Waals surface area contributed by atoms with Crippen LogP contribution >= 0.6 is 0 Å². The molecule has 1 amide bonds. The van der Waals surface area contributed by atoms with Gasteiger partial charge in [-0.15, -0.1) is 0 Å². The van der Waals surface area contributed by atoms with Gasteiger partial charge < -0.3 is 14.4 Å². The minimum absolute atomic E-state index is 0.0199. The number of hydrogen-bond donors (Lipinski definition) is 0. The molecular weight excluding hydrogens is 388 g/mol. The molecule has 3 aromatic rings. The van der Waals surface area contributed by atoms with Gasteiger partial charge in [0.1, 0.15) is 11.5 Å². The van der Waals surface area contributed by atoms with Crippen LogP contribution in [0.5, 0.6) is 11.5 Å². The number of carbonyl (C=O) groups excluding carboxylic acids is 1. The molecule has 0 unspecified atom stereocenters. The maximum Gasteiger partial charge on any atom is 0.260 e. The number of ether oxygens (including phenoxy) is 2. The normalized spacial score (nSPS) is 14.5. The molecule has 0 aliphatic carbocycles. The fraction of sp³-hybridized carbons (Fsp3) is 0.269. The van der Waals surface area contributed by atoms with E-state index < -0.39 is 0 Å². The number of amides is 1. The van der Waals surface area contributed by atoms with Crippen LogP contribution in [0, 0.1) is 0 Å². The molecule has 1 saturated heterocycles. The lowest BCUT2D eigenvalue weighted by Crippen LogP contribution is -2.51. The molecule has 160 valence electrons. The Labute approximate surface area is 183 Å². The number of carbonyl (C=O) groups is 1. The highest BCUT2D eigenvalue weighted by molar-refractivity contribution is 5.77. The predicted molar refractivity (Wildman–Crippen MR) is 121 cm³/mol. The molecule has 31 heavy (non-hydrogen) atoms. The monoisotopic (exact) mass is 416 g/mol. The summed E-state index contributed by atoms with van der Waals surface area (Å²) < 4.78 is 10.8. The summed E-state index contributed by atoms with van der Waals surface area (Å²) in [7, 11) is 1.62. The van der Waals surface area contributed by atoms with Crippen molar-refractivity contribution in [3.8, 4) is 11.5 Å². The predicted octanol–water partition coefficient (Wildman–Crippen LogP) is 4.01. The van der Waals surface area contributed by atoms with Crippen LogP contribution in [0.2, 0.25) is 0 Å². The maximum absolute atomic E-state index is 12.7. The topological polar surface area (TPSA) is 42.0 Å². The van der Waals surface area contributed by atoms with E-state index in [0.717, 1.165) is 18.8 Å². The molecule has 1 aliphatic heterocycles. The third kappa shape index (κ3) is 5.25. The molecule has 1 fully saturated rings. The van der Waals surface area contributed by atoms with Crippen molar-refractivity contribution in [2.75, 3.05) is 39.9 Å². The van der Waals surface area contributed by atoms with Crippen LogP contribution in [-0.2, 0) is 4.79 Å². The van der Waals surface area contributed by atoms with E-state index in [1.165, 1.54) is 11.1 Å². The Morgan fingerprint density at radius 3 is 1.81 bits per heavy atom. The third-order valence-electron chi connectivity index (χ3n) is 5.68. The first-order valence-corrected chi connectivity index (χ1v) is 10.6. The van der Waals surface area contributed by atoms with E-state index in [2.05, 4.69) is 53.4 Å². The first-order chi connectivity index (χ1) is 15.2. The summed E-state index contributed by atoms with van der Waals surface area (Å²) in [6.45, 7) is 3.08. The second-order valence-corrected chi connectivity index (χ2v) is 7.60. The molecule has 0 atom stereocenters. The van der Waals surface area contributed by atoms with Crippen LogP contribution in [0.25, 0.3) is 0 Å². The van der Waals surface area contributed by atoms with Crippen molar-refractivity contribution in [3.05, 3.63) is 96.1 Å². The van der Waals surface area contributed by atoms with E-state index in [-0.39, 0.29) is 18.6 Å². The number of rotatable bonds is 7. The van der Waals surface area contributed by atoms with Gasteiger partial charge in [0.05, 0.1) is 13.2 Å². The van der Waals surface area contributed by atoms with E-state index in [4.69, 9.17) is 9.47 Å². The summed E-state index contributed by atoms with van der Waals surface area (Å²) >= 11 is 0. The highest BCUT2D eigenvalue weighted by atomic mass is 16.5. The molecule has 0 N–H and O–H groups in total. The summed E-state index contributed by atoms with van der Waals surface area (Å²) in [6, 6.07) is 28.6. The average Bonchev–Trinajstić information content (AvgIpc) is 2.85. The average molecular weight is 417 g/mol. The summed E-state index contributed by atoms with van der Waals surface area (Å²) in [6.07, 6.45) is 0. The number of piperazine rings is 1. The van der Waals surface area contributed by atoms with Crippen LogP contribution in [0.3, 0.4) is 0 Å². The Balaban J connectivity index is 1.36. The lowest BCUT2D eigenvalue weighted by molar-refractivity contribution is -0.135. The van der Waals surface area contributed by atoms with Crippen molar-refractivity contribution in [2.24, 2.45) is 0 Å². The van der Waals surface area contributed by atoms with E-state index in [0.29, 0.717) is 18.8 Å². The van der Waals surface area contributed by atoms with Crippen LogP contribution in [0.15, 0.2) is 84.9 Å². The van der Waals surface area contributed by atoms with Gasteiger partial charge in [-0.1, -0.05) is 60.7 Å². The Morgan fingerprint density at radius 2 is 1.29 bits per heavy atom. The molecule has 0 aromatic heterocycles. The highest BCUT2D eigenvalue weighted by Crippen LogP contribution is 2.29. The van der Waals surface area contributed by atoms with Gasteiger partial charge in [0, 0.05) is 26.2 Å². The lowest BCUT2D eigenvalue weighted by Gasteiger charge is -2.39. The first-order valence-electron chi connectivity index (χ1n) is 10.6. The molecule has 5 heteroatoms. The van der Waals surface area contributed by atoms with Crippen molar-refractivity contribution < 1.29 is 14.3 Å². The van der Waals surface area contributed by atoms with Crippen LogP contribution in [0.1, 0.15) is 17.2 Å². The molecular formula is C26H28N2O3. The number of hydrogen-bond acceptors (Lipinski definition) is 4. The van der Waals surface area contributed by atoms with Gasteiger partial charge >= 0.3 is 0 Å². The minimum Gasteiger partial charge on any atom is -0.497 e. The standard InChI is InChI=1S/C26H28N2O3/c1-30-23-12-14-24(15-13-23)31-20-25(29)27-16-18-28(19-17-27)26(21-8-4-2-5-9-21)22-10-6-3-7-11-22/h2-15,26H,16-20H2,1H3. The maximum atomic E-state index is 12.7. The SMILES string of the molecule is COc1ccc(OCC(=O)N2CCN(C(c3ccccc3)c3ccccc3)CC2)cc1. The van der Waals surface area contributed by atoms with E-state index in [9.17, 15) is 4.79 Å². The summed E-state index contributed by atoms with van der Waals surface area (Å²) in [5.41, 5.74) is 2.55. The number of benzene rings is 3. The first kappa shape index (κ1) is 20.9. The van der Waals surface area contributed by atoms with Crippen molar-refractivity contribution in [1.29, 1.82) is 0 Å². The van der Waals surface area contributed by atoms with E-state index in [1.54, 1.807) is 7.11 Å². The van der Waals surface area contributed by atoms with E-state index in [1.807, 2.05) is 41.3 Å². The Kier molecular flexibility index (Phi) is 6.85. The van der Waals surface area contributed by atoms with Gasteiger partial charge in [-0.05, 0) is 35.4 Å². The molecule has 0 bridgehead atoms. The summed E-state index contributed by atoms with van der Waals surface area (Å²) in [5, 5.41) is 0. The fourth-order valence-corrected chi connectivity index (χ4v) is 4.02. The van der Waals surface area contributed by atoms with Crippen LogP contribution in [0.4, 0.5) is 0 Å². The molecule has 1 heterocycles. The Bertz CT molecular complexity index is 913. The van der Waals surface area contributed by atoms with Crippen molar-refractivity contribution >= 4 is 5.91 Å². The van der Waals surface area contributed by atoms with Gasteiger partial charge in [-0.25, -0.2) is 0 Å². The van der Waals surface area contributed by atoms with Crippen molar-refractivity contribution in [2.45, 2.75) is 6.04 Å².